The van der Waals surface area contributed by atoms with E-state index in [1.54, 1.807) is 0 Å². The third-order valence-corrected chi connectivity index (χ3v) is 5.48. The van der Waals surface area contributed by atoms with Gasteiger partial charge in [0.25, 0.3) is 0 Å². The molecule has 1 aliphatic rings. The molecule has 0 bridgehead atoms. The zero-order valence-electron chi connectivity index (χ0n) is 14.4. The molecule has 0 heterocycles. The summed E-state index contributed by atoms with van der Waals surface area (Å²) < 4.78 is 0. The second-order valence-electron chi connectivity index (χ2n) is 7.17. The molecule has 0 aromatic heterocycles. The first-order chi connectivity index (χ1) is 12.6. The Hall–Kier alpha value is -3.10. The molecule has 0 aliphatic heterocycles. The van der Waals surface area contributed by atoms with E-state index in [9.17, 15) is 0 Å². The van der Waals surface area contributed by atoms with Gasteiger partial charge in [-0.05, 0) is 62.5 Å². The molecule has 1 aliphatic carbocycles. The van der Waals surface area contributed by atoms with Crippen LogP contribution >= 0.6 is 0 Å². The first-order valence-electron chi connectivity index (χ1n) is 8.93. The van der Waals surface area contributed by atoms with E-state index in [4.69, 9.17) is 11.5 Å². The summed E-state index contributed by atoms with van der Waals surface area (Å²) in [6.45, 7) is 0. The molecule has 2 heteroatoms. The fourth-order valence-electron chi connectivity index (χ4n) is 4.06. The maximum absolute atomic E-state index is 6.83. The highest BCUT2D eigenvalue weighted by molar-refractivity contribution is 6.13. The number of hydrogen-bond donors (Lipinski definition) is 2. The van der Waals surface area contributed by atoms with Gasteiger partial charge in [-0.15, -0.1) is 0 Å². The summed E-state index contributed by atoms with van der Waals surface area (Å²) in [5, 5.41) is 7.44. The van der Waals surface area contributed by atoms with Crippen molar-refractivity contribution in [3.63, 3.8) is 0 Å². The molecule has 126 valence electrons. The van der Waals surface area contributed by atoms with Gasteiger partial charge in [-0.2, -0.15) is 0 Å². The summed E-state index contributed by atoms with van der Waals surface area (Å²) in [6, 6.07) is 23.8. The topological polar surface area (TPSA) is 52.0 Å². The van der Waals surface area contributed by atoms with Gasteiger partial charge < -0.3 is 11.5 Å². The molecule has 1 unspecified atom stereocenters. The number of rotatable bonds is 1. The van der Waals surface area contributed by atoms with Gasteiger partial charge in [-0.1, -0.05) is 66.7 Å². The lowest BCUT2D eigenvalue weighted by molar-refractivity contribution is 0.567. The summed E-state index contributed by atoms with van der Waals surface area (Å²) in [5.74, 6) is 0. The van der Waals surface area contributed by atoms with E-state index in [2.05, 4.69) is 66.7 Å². The molecular formula is C24H20N2. The zero-order valence-corrected chi connectivity index (χ0v) is 14.4. The first-order valence-corrected chi connectivity index (χ1v) is 8.93. The van der Waals surface area contributed by atoms with E-state index in [0.29, 0.717) is 6.42 Å². The number of fused-ring (bicyclic) bond motifs is 4. The highest BCUT2D eigenvalue weighted by Crippen LogP contribution is 2.38. The molecule has 4 aromatic carbocycles. The zero-order chi connectivity index (χ0) is 17.7. The monoisotopic (exact) mass is 336 g/mol. The standard InChI is InChI=1S/C24H20N2/c25-20-10-12-24(26,13-11-20)22-7-3-6-16-8-9-19-14-17-4-1-2-5-18(17)15-21(19)23(16)22/h1-12,14-15H,13,25-26H2. The molecule has 0 saturated carbocycles. The van der Waals surface area contributed by atoms with Crippen LogP contribution in [0.3, 0.4) is 0 Å². The second-order valence-corrected chi connectivity index (χ2v) is 7.17. The van der Waals surface area contributed by atoms with Gasteiger partial charge in [-0.25, -0.2) is 0 Å². The lowest BCUT2D eigenvalue weighted by Gasteiger charge is -2.29. The Labute approximate surface area is 152 Å². The van der Waals surface area contributed by atoms with Gasteiger partial charge in [0.2, 0.25) is 0 Å². The molecule has 2 nitrogen and oxygen atoms in total. The second kappa shape index (κ2) is 5.45. The van der Waals surface area contributed by atoms with Crippen molar-refractivity contribution >= 4 is 32.3 Å². The van der Waals surface area contributed by atoms with Crippen LogP contribution in [0.4, 0.5) is 0 Å². The predicted octanol–water partition coefficient (Wildman–Crippen LogP) is 5.10. The van der Waals surface area contributed by atoms with E-state index < -0.39 is 5.54 Å². The molecule has 1 atom stereocenters. The Morgan fingerprint density at radius 2 is 1.50 bits per heavy atom. The van der Waals surface area contributed by atoms with Crippen LogP contribution in [0, 0.1) is 0 Å². The summed E-state index contributed by atoms with van der Waals surface area (Å²) in [4.78, 5) is 0. The summed E-state index contributed by atoms with van der Waals surface area (Å²) in [5.41, 5.74) is 14.1. The van der Waals surface area contributed by atoms with E-state index in [-0.39, 0.29) is 0 Å². The third-order valence-electron chi connectivity index (χ3n) is 5.48. The number of allylic oxidation sites excluding steroid dienone is 1. The number of benzene rings is 4. The van der Waals surface area contributed by atoms with Gasteiger partial charge >= 0.3 is 0 Å². The Balaban J connectivity index is 1.88. The van der Waals surface area contributed by atoms with Crippen molar-refractivity contribution in [2.75, 3.05) is 0 Å². The Kier molecular flexibility index (Phi) is 3.18. The minimum atomic E-state index is -0.539. The minimum Gasteiger partial charge on any atom is -0.399 e. The molecule has 0 amide bonds. The van der Waals surface area contributed by atoms with Crippen LogP contribution < -0.4 is 11.5 Å². The lowest BCUT2D eigenvalue weighted by atomic mass is 9.80. The Morgan fingerprint density at radius 1 is 0.769 bits per heavy atom. The number of hydrogen-bond acceptors (Lipinski definition) is 2. The van der Waals surface area contributed by atoms with Gasteiger partial charge in [0.1, 0.15) is 0 Å². The average Bonchev–Trinajstić information content (AvgIpc) is 2.68. The van der Waals surface area contributed by atoms with Crippen LogP contribution in [0.1, 0.15) is 12.0 Å². The van der Waals surface area contributed by atoms with E-state index >= 15 is 0 Å². The normalized spacial score (nSPS) is 20.0. The molecule has 5 rings (SSSR count). The van der Waals surface area contributed by atoms with Crippen molar-refractivity contribution in [2.45, 2.75) is 12.0 Å². The first kappa shape index (κ1) is 15.2. The largest absolute Gasteiger partial charge is 0.399 e. The maximum Gasteiger partial charge on any atom is 0.0641 e. The quantitative estimate of drug-likeness (QED) is 0.375. The highest BCUT2D eigenvalue weighted by Gasteiger charge is 2.27. The molecular weight excluding hydrogens is 316 g/mol. The maximum atomic E-state index is 6.83. The summed E-state index contributed by atoms with van der Waals surface area (Å²) in [6.07, 6.45) is 6.68. The summed E-state index contributed by atoms with van der Waals surface area (Å²) in [7, 11) is 0. The van der Waals surface area contributed by atoms with Gasteiger partial charge in [0.15, 0.2) is 0 Å². The summed E-state index contributed by atoms with van der Waals surface area (Å²) >= 11 is 0. The van der Waals surface area contributed by atoms with Crippen LogP contribution in [0.5, 0.6) is 0 Å². The van der Waals surface area contributed by atoms with Crippen molar-refractivity contribution in [1.29, 1.82) is 0 Å². The van der Waals surface area contributed by atoms with E-state index in [1.165, 1.54) is 32.3 Å². The van der Waals surface area contributed by atoms with Crippen molar-refractivity contribution in [1.82, 2.24) is 0 Å². The molecule has 4 N–H and O–H groups in total. The van der Waals surface area contributed by atoms with Gasteiger partial charge in [0.05, 0.1) is 5.54 Å². The van der Waals surface area contributed by atoms with Crippen molar-refractivity contribution in [3.05, 3.63) is 96.2 Å². The number of nitrogens with two attached hydrogens (primary N) is 2. The predicted molar refractivity (Wildman–Crippen MR) is 111 cm³/mol. The third kappa shape index (κ3) is 2.23. The Bertz CT molecular complexity index is 1230. The van der Waals surface area contributed by atoms with Crippen LogP contribution in [0.15, 0.2) is 90.7 Å². The minimum absolute atomic E-state index is 0.539. The van der Waals surface area contributed by atoms with Crippen LogP contribution in [0.2, 0.25) is 0 Å². The fourth-order valence-corrected chi connectivity index (χ4v) is 4.06. The molecule has 4 aromatic rings. The van der Waals surface area contributed by atoms with Crippen molar-refractivity contribution < 1.29 is 0 Å². The van der Waals surface area contributed by atoms with E-state index in [1.807, 2.05) is 18.2 Å². The van der Waals surface area contributed by atoms with Gasteiger partial charge in [0, 0.05) is 5.70 Å². The highest BCUT2D eigenvalue weighted by atomic mass is 14.7. The van der Waals surface area contributed by atoms with Crippen LogP contribution in [0.25, 0.3) is 32.3 Å². The fraction of sp³-hybridized carbons (Fsp3) is 0.0833. The van der Waals surface area contributed by atoms with Crippen LogP contribution in [-0.4, -0.2) is 0 Å². The lowest BCUT2D eigenvalue weighted by Crippen LogP contribution is -2.35. The molecule has 26 heavy (non-hydrogen) atoms. The van der Waals surface area contributed by atoms with Crippen molar-refractivity contribution in [2.24, 2.45) is 11.5 Å². The Morgan fingerprint density at radius 3 is 2.27 bits per heavy atom. The van der Waals surface area contributed by atoms with Crippen molar-refractivity contribution in [3.8, 4) is 0 Å². The molecule has 0 radical (unpaired) electrons. The average molecular weight is 336 g/mol. The SMILES string of the molecule is NC1=CCC(N)(c2cccc3ccc4cc5ccccc5cc4c23)C=C1. The van der Waals surface area contributed by atoms with E-state index in [0.717, 1.165) is 11.3 Å². The smallest absolute Gasteiger partial charge is 0.0641 e. The molecule has 0 spiro atoms. The molecule has 0 saturated heterocycles. The van der Waals surface area contributed by atoms with Gasteiger partial charge in [-0.3, -0.25) is 0 Å². The molecule has 0 fully saturated rings. The van der Waals surface area contributed by atoms with Crippen LogP contribution in [-0.2, 0) is 5.54 Å².